The molecule has 0 rings (SSSR count). The molecule has 1 unspecified atom stereocenters. The number of aliphatic carboxylic acids is 1. The summed E-state index contributed by atoms with van der Waals surface area (Å²) in [5.74, 6) is -0.846. The number of carboxylic acids is 1. The van der Waals surface area contributed by atoms with Crippen LogP contribution < -0.4 is 5.73 Å². The number of nitrogens with two attached hydrogens (primary N) is 1. The Morgan fingerprint density at radius 1 is 1.44 bits per heavy atom. The Bertz CT molecular complexity index is 250. The lowest BCUT2D eigenvalue weighted by Crippen LogP contribution is -2.44. The van der Waals surface area contributed by atoms with Crippen LogP contribution in [0.25, 0.3) is 0 Å². The van der Waals surface area contributed by atoms with Crippen LogP contribution in [-0.4, -0.2) is 42.0 Å². The van der Waals surface area contributed by atoms with Gasteiger partial charge >= 0.3 is 5.97 Å². The van der Waals surface area contributed by atoms with Crippen molar-refractivity contribution in [1.29, 1.82) is 0 Å². The first-order valence-corrected chi connectivity index (χ1v) is 5.54. The summed E-state index contributed by atoms with van der Waals surface area (Å²) in [6.07, 6.45) is 1.25. The maximum atomic E-state index is 12.0. The standard InChI is InChI=1S/C11H22N2O3/c1-4-11(2,8-12)10(16)13(3)7-5-6-9(14)15/h4-8,12H2,1-3H3,(H,14,15). The first kappa shape index (κ1) is 14.9. The molecule has 0 heterocycles. The summed E-state index contributed by atoms with van der Waals surface area (Å²) < 4.78 is 0. The largest absolute Gasteiger partial charge is 0.481 e. The van der Waals surface area contributed by atoms with Gasteiger partial charge in [-0.1, -0.05) is 6.92 Å². The van der Waals surface area contributed by atoms with E-state index in [2.05, 4.69) is 0 Å². The highest BCUT2D eigenvalue weighted by atomic mass is 16.4. The van der Waals surface area contributed by atoms with Gasteiger partial charge in [-0.2, -0.15) is 0 Å². The summed E-state index contributed by atoms with van der Waals surface area (Å²) in [6.45, 7) is 4.53. The molecule has 0 aromatic carbocycles. The molecule has 1 atom stereocenters. The highest BCUT2D eigenvalue weighted by Gasteiger charge is 2.31. The zero-order valence-corrected chi connectivity index (χ0v) is 10.3. The molecular formula is C11H22N2O3. The van der Waals surface area contributed by atoms with E-state index >= 15 is 0 Å². The Morgan fingerprint density at radius 2 is 2.00 bits per heavy atom. The number of hydrogen-bond donors (Lipinski definition) is 2. The van der Waals surface area contributed by atoms with Crippen molar-refractivity contribution in [3.63, 3.8) is 0 Å². The third-order valence-electron chi connectivity index (χ3n) is 2.98. The summed E-state index contributed by atoms with van der Waals surface area (Å²) in [4.78, 5) is 23.9. The maximum absolute atomic E-state index is 12.0. The average Bonchev–Trinajstić information content (AvgIpc) is 2.26. The molecule has 0 aromatic heterocycles. The van der Waals surface area contributed by atoms with Gasteiger partial charge < -0.3 is 15.7 Å². The monoisotopic (exact) mass is 230 g/mol. The summed E-state index contributed by atoms with van der Waals surface area (Å²) in [7, 11) is 1.69. The van der Waals surface area contributed by atoms with Crippen LogP contribution in [-0.2, 0) is 9.59 Å². The van der Waals surface area contributed by atoms with E-state index in [0.717, 1.165) is 0 Å². The Morgan fingerprint density at radius 3 is 2.38 bits per heavy atom. The number of rotatable bonds is 7. The van der Waals surface area contributed by atoms with E-state index in [0.29, 0.717) is 25.9 Å². The second kappa shape index (κ2) is 6.48. The van der Waals surface area contributed by atoms with Gasteiger partial charge in [-0.05, 0) is 19.8 Å². The maximum Gasteiger partial charge on any atom is 0.303 e. The molecule has 0 radical (unpaired) electrons. The van der Waals surface area contributed by atoms with E-state index in [1.165, 1.54) is 0 Å². The van der Waals surface area contributed by atoms with Crippen LogP contribution in [0.4, 0.5) is 0 Å². The zero-order valence-electron chi connectivity index (χ0n) is 10.3. The number of nitrogens with zero attached hydrogens (tertiary/aromatic N) is 1. The lowest BCUT2D eigenvalue weighted by atomic mass is 9.86. The van der Waals surface area contributed by atoms with Gasteiger partial charge in [0.15, 0.2) is 0 Å². The van der Waals surface area contributed by atoms with Gasteiger partial charge in [0.2, 0.25) is 5.91 Å². The van der Waals surface area contributed by atoms with Crippen LogP contribution in [0.15, 0.2) is 0 Å². The molecule has 0 bridgehead atoms. The Hall–Kier alpha value is -1.10. The van der Waals surface area contributed by atoms with Crippen LogP contribution in [0, 0.1) is 5.41 Å². The van der Waals surface area contributed by atoms with Crippen LogP contribution in [0.2, 0.25) is 0 Å². The quantitative estimate of drug-likeness (QED) is 0.673. The molecule has 0 fully saturated rings. The Labute approximate surface area is 96.6 Å². The molecule has 16 heavy (non-hydrogen) atoms. The minimum absolute atomic E-state index is 0.0112. The molecule has 0 aliphatic rings. The smallest absolute Gasteiger partial charge is 0.303 e. The molecule has 1 amide bonds. The molecule has 0 aliphatic heterocycles. The van der Waals surface area contributed by atoms with Crippen LogP contribution in [0.3, 0.4) is 0 Å². The van der Waals surface area contributed by atoms with Gasteiger partial charge in [-0.3, -0.25) is 9.59 Å². The highest BCUT2D eigenvalue weighted by Crippen LogP contribution is 2.22. The predicted molar refractivity (Wildman–Crippen MR) is 62.0 cm³/mol. The van der Waals surface area contributed by atoms with Crippen LogP contribution in [0.1, 0.15) is 33.1 Å². The number of hydrogen-bond acceptors (Lipinski definition) is 3. The number of carbonyl (C=O) groups excluding carboxylic acids is 1. The molecule has 3 N–H and O–H groups in total. The van der Waals surface area contributed by atoms with Gasteiger partial charge in [-0.15, -0.1) is 0 Å². The molecular weight excluding hydrogens is 208 g/mol. The second-order valence-electron chi connectivity index (χ2n) is 4.34. The van der Waals surface area contributed by atoms with Crippen molar-refractivity contribution >= 4 is 11.9 Å². The summed E-state index contributed by atoms with van der Waals surface area (Å²) >= 11 is 0. The zero-order chi connectivity index (χ0) is 12.8. The molecule has 5 nitrogen and oxygen atoms in total. The van der Waals surface area contributed by atoms with Crippen molar-refractivity contribution in [3.05, 3.63) is 0 Å². The third-order valence-corrected chi connectivity index (χ3v) is 2.98. The van der Waals surface area contributed by atoms with E-state index in [-0.39, 0.29) is 12.3 Å². The molecule has 0 aromatic rings. The van der Waals surface area contributed by atoms with Crippen molar-refractivity contribution in [2.45, 2.75) is 33.1 Å². The first-order chi connectivity index (χ1) is 7.37. The number of carbonyl (C=O) groups is 2. The van der Waals surface area contributed by atoms with Crippen LogP contribution in [0.5, 0.6) is 0 Å². The minimum Gasteiger partial charge on any atom is -0.481 e. The van der Waals surface area contributed by atoms with Gasteiger partial charge in [-0.25, -0.2) is 0 Å². The van der Waals surface area contributed by atoms with Gasteiger partial charge in [0.1, 0.15) is 0 Å². The lowest BCUT2D eigenvalue weighted by Gasteiger charge is -2.30. The van der Waals surface area contributed by atoms with Crippen LogP contribution >= 0.6 is 0 Å². The normalized spacial score (nSPS) is 14.2. The fourth-order valence-electron chi connectivity index (χ4n) is 1.41. The van der Waals surface area contributed by atoms with E-state index in [9.17, 15) is 9.59 Å². The fourth-order valence-corrected chi connectivity index (χ4v) is 1.41. The van der Waals surface area contributed by atoms with E-state index in [1.54, 1.807) is 11.9 Å². The molecule has 0 saturated carbocycles. The SMILES string of the molecule is CCC(C)(CN)C(=O)N(C)CCCC(=O)O. The highest BCUT2D eigenvalue weighted by molar-refractivity contribution is 5.82. The van der Waals surface area contributed by atoms with E-state index in [1.807, 2.05) is 13.8 Å². The van der Waals surface area contributed by atoms with Gasteiger partial charge in [0.25, 0.3) is 0 Å². The van der Waals surface area contributed by atoms with Crippen molar-refractivity contribution in [2.75, 3.05) is 20.1 Å². The van der Waals surface area contributed by atoms with Crippen molar-refractivity contribution in [3.8, 4) is 0 Å². The predicted octanol–water partition coefficient (Wildman–Crippen LogP) is 0.685. The third kappa shape index (κ3) is 4.18. The van der Waals surface area contributed by atoms with Crippen molar-refractivity contribution in [1.82, 2.24) is 4.90 Å². The molecule has 94 valence electrons. The summed E-state index contributed by atoms with van der Waals surface area (Å²) in [5.41, 5.74) is 5.06. The first-order valence-electron chi connectivity index (χ1n) is 5.54. The van der Waals surface area contributed by atoms with E-state index in [4.69, 9.17) is 10.8 Å². The Kier molecular flexibility index (Phi) is 6.03. The number of carboxylic acid groups (broad SMARTS) is 1. The molecule has 5 heteroatoms. The minimum atomic E-state index is -0.835. The van der Waals surface area contributed by atoms with Gasteiger partial charge in [0, 0.05) is 26.6 Å². The lowest BCUT2D eigenvalue weighted by molar-refractivity contribution is -0.141. The molecule has 0 aliphatic carbocycles. The Balaban J connectivity index is 4.22. The van der Waals surface area contributed by atoms with Crippen molar-refractivity contribution < 1.29 is 14.7 Å². The summed E-state index contributed by atoms with van der Waals surface area (Å²) in [5, 5.41) is 8.49. The topological polar surface area (TPSA) is 83.6 Å². The van der Waals surface area contributed by atoms with Gasteiger partial charge in [0.05, 0.1) is 5.41 Å². The average molecular weight is 230 g/mol. The molecule has 0 spiro atoms. The second-order valence-corrected chi connectivity index (χ2v) is 4.34. The summed E-state index contributed by atoms with van der Waals surface area (Å²) in [6, 6.07) is 0. The fraction of sp³-hybridized carbons (Fsp3) is 0.818. The van der Waals surface area contributed by atoms with Crippen molar-refractivity contribution in [2.24, 2.45) is 11.1 Å². The molecule has 0 saturated heterocycles. The van der Waals surface area contributed by atoms with E-state index < -0.39 is 11.4 Å². The number of amides is 1.